The number of benzene rings is 1. The Kier molecular flexibility index (Phi) is 9.16. The summed E-state index contributed by atoms with van der Waals surface area (Å²) in [6.07, 6.45) is 7.48. The molecule has 1 aromatic carbocycles. The predicted octanol–water partition coefficient (Wildman–Crippen LogP) is 5.08. The highest BCUT2D eigenvalue weighted by atomic mass is 16.6. The number of hydrogen-bond acceptors (Lipinski definition) is 4. The SMILES string of the molecule is CCCCCCCCOC(=O)[C@H]1[C@H](CCC)OC(=O)N1Cc1ccccc1. The fourth-order valence-electron chi connectivity index (χ4n) is 3.44. The van der Waals surface area contributed by atoms with Crippen LogP contribution in [0.5, 0.6) is 0 Å². The molecular weight excluding hydrogens is 342 g/mol. The number of esters is 1. The number of rotatable bonds is 12. The first-order chi connectivity index (χ1) is 13.2. The maximum atomic E-state index is 12.7. The van der Waals surface area contributed by atoms with Crippen molar-refractivity contribution < 1.29 is 19.1 Å². The Morgan fingerprint density at radius 1 is 1.04 bits per heavy atom. The van der Waals surface area contributed by atoms with Gasteiger partial charge in [-0.05, 0) is 18.4 Å². The van der Waals surface area contributed by atoms with Gasteiger partial charge in [-0.25, -0.2) is 9.59 Å². The van der Waals surface area contributed by atoms with Gasteiger partial charge in [-0.15, -0.1) is 0 Å². The van der Waals surface area contributed by atoms with E-state index in [1.807, 2.05) is 37.3 Å². The van der Waals surface area contributed by atoms with Crippen LogP contribution in [0.15, 0.2) is 30.3 Å². The Morgan fingerprint density at radius 2 is 1.74 bits per heavy atom. The number of amides is 1. The van der Waals surface area contributed by atoms with Gasteiger partial charge in [0.05, 0.1) is 13.2 Å². The molecule has 1 fully saturated rings. The molecule has 2 rings (SSSR count). The van der Waals surface area contributed by atoms with Crippen molar-refractivity contribution in [2.75, 3.05) is 6.61 Å². The molecule has 5 nitrogen and oxygen atoms in total. The summed E-state index contributed by atoms with van der Waals surface area (Å²) in [4.78, 5) is 26.6. The first-order valence-electron chi connectivity index (χ1n) is 10.3. The topological polar surface area (TPSA) is 55.8 Å². The standard InChI is InChI=1S/C22H33NO4/c1-3-5-6-7-8-12-16-26-21(24)20-19(13-4-2)27-22(25)23(20)17-18-14-10-9-11-15-18/h9-11,14-15,19-20H,3-8,12-13,16-17H2,1-2H3/t19-,20+/m0/s1. The van der Waals surface area contributed by atoms with Gasteiger partial charge in [0.1, 0.15) is 6.10 Å². The molecule has 2 atom stereocenters. The Morgan fingerprint density at radius 3 is 2.44 bits per heavy atom. The lowest BCUT2D eigenvalue weighted by molar-refractivity contribution is -0.150. The van der Waals surface area contributed by atoms with E-state index in [2.05, 4.69) is 6.92 Å². The van der Waals surface area contributed by atoms with Crippen molar-refractivity contribution in [1.82, 2.24) is 4.90 Å². The maximum absolute atomic E-state index is 12.7. The van der Waals surface area contributed by atoms with Crippen molar-refractivity contribution in [3.05, 3.63) is 35.9 Å². The predicted molar refractivity (Wildman–Crippen MR) is 105 cm³/mol. The van der Waals surface area contributed by atoms with E-state index in [1.54, 1.807) is 0 Å². The minimum Gasteiger partial charge on any atom is -0.464 e. The number of unbranched alkanes of at least 4 members (excludes halogenated alkanes) is 5. The van der Waals surface area contributed by atoms with Crippen molar-refractivity contribution in [2.24, 2.45) is 0 Å². The van der Waals surface area contributed by atoms with E-state index in [4.69, 9.17) is 9.47 Å². The highest BCUT2D eigenvalue weighted by Crippen LogP contribution is 2.26. The Labute approximate surface area is 163 Å². The van der Waals surface area contributed by atoms with Crippen LogP contribution < -0.4 is 0 Å². The second-order valence-corrected chi connectivity index (χ2v) is 7.20. The summed E-state index contributed by atoms with van der Waals surface area (Å²) in [6.45, 7) is 4.98. The minimum absolute atomic E-state index is 0.344. The number of carbonyl (C=O) groups excluding carboxylic acids is 2. The molecule has 0 aromatic heterocycles. The molecular formula is C22H33NO4. The number of nitrogens with zero attached hydrogens (tertiary/aromatic N) is 1. The average Bonchev–Trinajstić information content (AvgIpc) is 2.97. The number of hydrogen-bond donors (Lipinski definition) is 0. The third kappa shape index (κ3) is 6.56. The molecule has 150 valence electrons. The van der Waals surface area contributed by atoms with Crippen LogP contribution in [0.1, 0.15) is 70.8 Å². The molecule has 0 saturated carbocycles. The quantitative estimate of drug-likeness (QED) is 0.378. The average molecular weight is 376 g/mol. The summed E-state index contributed by atoms with van der Waals surface area (Å²) < 4.78 is 11.0. The van der Waals surface area contributed by atoms with E-state index in [0.717, 1.165) is 24.8 Å². The van der Waals surface area contributed by atoms with Crippen LogP contribution in [0.4, 0.5) is 4.79 Å². The summed E-state index contributed by atoms with van der Waals surface area (Å²) in [6, 6.07) is 9.01. The van der Waals surface area contributed by atoms with Gasteiger partial charge >= 0.3 is 12.1 Å². The van der Waals surface area contributed by atoms with Gasteiger partial charge in [0.15, 0.2) is 6.04 Å². The molecule has 0 spiro atoms. The Bertz CT molecular complexity index is 575. The zero-order chi connectivity index (χ0) is 19.5. The second kappa shape index (κ2) is 11.6. The lowest BCUT2D eigenvalue weighted by Gasteiger charge is -2.23. The van der Waals surface area contributed by atoms with E-state index in [9.17, 15) is 9.59 Å². The molecule has 1 aliphatic heterocycles. The van der Waals surface area contributed by atoms with E-state index in [1.165, 1.54) is 30.6 Å². The zero-order valence-electron chi connectivity index (χ0n) is 16.7. The zero-order valence-corrected chi connectivity index (χ0v) is 16.7. The summed E-state index contributed by atoms with van der Waals surface area (Å²) in [5, 5.41) is 0. The number of ether oxygens (including phenoxy) is 2. The molecule has 1 amide bonds. The van der Waals surface area contributed by atoms with E-state index in [0.29, 0.717) is 19.6 Å². The van der Waals surface area contributed by atoms with Crippen LogP contribution in [-0.2, 0) is 20.8 Å². The smallest absolute Gasteiger partial charge is 0.411 e. The van der Waals surface area contributed by atoms with Crippen LogP contribution in [0.25, 0.3) is 0 Å². The highest BCUT2D eigenvalue weighted by Gasteiger charge is 2.46. The first kappa shape index (κ1) is 21.3. The second-order valence-electron chi connectivity index (χ2n) is 7.20. The number of cyclic esters (lactones) is 1. The molecule has 0 unspecified atom stereocenters. The molecule has 27 heavy (non-hydrogen) atoms. The normalized spacial score (nSPS) is 19.2. The first-order valence-corrected chi connectivity index (χ1v) is 10.3. The molecule has 1 aliphatic rings. The Balaban J connectivity index is 1.91. The summed E-state index contributed by atoms with van der Waals surface area (Å²) >= 11 is 0. The van der Waals surface area contributed by atoms with Gasteiger partial charge in [0.2, 0.25) is 0 Å². The summed E-state index contributed by atoms with van der Waals surface area (Å²) in [5.74, 6) is -0.344. The van der Waals surface area contributed by atoms with E-state index < -0.39 is 18.2 Å². The van der Waals surface area contributed by atoms with Gasteiger partial charge in [0.25, 0.3) is 0 Å². The molecule has 1 saturated heterocycles. The molecule has 0 radical (unpaired) electrons. The van der Waals surface area contributed by atoms with Crippen molar-refractivity contribution >= 4 is 12.1 Å². The molecule has 0 N–H and O–H groups in total. The fourth-order valence-corrected chi connectivity index (χ4v) is 3.44. The van der Waals surface area contributed by atoms with Gasteiger partial charge < -0.3 is 9.47 Å². The van der Waals surface area contributed by atoms with Gasteiger partial charge in [-0.3, -0.25) is 4.90 Å². The van der Waals surface area contributed by atoms with Crippen LogP contribution in [0.3, 0.4) is 0 Å². The third-order valence-corrected chi connectivity index (χ3v) is 4.93. The number of carbonyl (C=O) groups is 2. The molecule has 1 aromatic rings. The molecule has 0 bridgehead atoms. The van der Waals surface area contributed by atoms with Gasteiger partial charge in [-0.2, -0.15) is 0 Å². The highest BCUT2D eigenvalue weighted by molar-refractivity contribution is 5.85. The molecule has 0 aliphatic carbocycles. The largest absolute Gasteiger partial charge is 0.464 e. The molecule has 1 heterocycles. The minimum atomic E-state index is -0.655. The third-order valence-electron chi connectivity index (χ3n) is 4.93. The summed E-state index contributed by atoms with van der Waals surface area (Å²) in [7, 11) is 0. The van der Waals surface area contributed by atoms with Crippen LogP contribution in [-0.4, -0.2) is 35.7 Å². The molecule has 5 heteroatoms. The van der Waals surface area contributed by atoms with Crippen molar-refractivity contribution in [3.8, 4) is 0 Å². The Hall–Kier alpha value is -2.04. The fraction of sp³-hybridized carbons (Fsp3) is 0.636. The monoisotopic (exact) mass is 375 g/mol. The lowest BCUT2D eigenvalue weighted by Crippen LogP contribution is -2.43. The maximum Gasteiger partial charge on any atom is 0.411 e. The van der Waals surface area contributed by atoms with Gasteiger partial charge in [0, 0.05) is 0 Å². The van der Waals surface area contributed by atoms with Crippen molar-refractivity contribution in [1.29, 1.82) is 0 Å². The van der Waals surface area contributed by atoms with E-state index >= 15 is 0 Å². The lowest BCUT2D eigenvalue weighted by atomic mass is 10.1. The van der Waals surface area contributed by atoms with Crippen LogP contribution in [0, 0.1) is 0 Å². The van der Waals surface area contributed by atoms with Crippen molar-refractivity contribution in [3.63, 3.8) is 0 Å². The van der Waals surface area contributed by atoms with Crippen LogP contribution >= 0.6 is 0 Å². The van der Waals surface area contributed by atoms with Crippen molar-refractivity contribution in [2.45, 2.75) is 83.9 Å². The summed E-state index contributed by atoms with van der Waals surface area (Å²) in [5.41, 5.74) is 0.973. The van der Waals surface area contributed by atoms with Crippen LogP contribution in [0.2, 0.25) is 0 Å². The van der Waals surface area contributed by atoms with Gasteiger partial charge in [-0.1, -0.05) is 82.7 Å². The van der Waals surface area contributed by atoms with E-state index in [-0.39, 0.29) is 5.97 Å².